The Kier molecular flexibility index (Phi) is 6.36. The van der Waals surface area contributed by atoms with Crippen molar-refractivity contribution in [2.45, 2.75) is 32.1 Å². The van der Waals surface area contributed by atoms with Gasteiger partial charge in [-0.2, -0.15) is 0 Å². The number of nitrogens with zero attached hydrogens (tertiary/aromatic N) is 2. The molecule has 2 unspecified atom stereocenters. The lowest BCUT2D eigenvalue weighted by Crippen LogP contribution is -2.30. The topological polar surface area (TPSA) is 97.1 Å². The molecule has 0 saturated carbocycles. The van der Waals surface area contributed by atoms with E-state index >= 15 is 0 Å². The molecule has 0 aliphatic heterocycles. The van der Waals surface area contributed by atoms with E-state index in [0.29, 0.717) is 11.6 Å². The number of anilines is 1. The van der Waals surface area contributed by atoms with Crippen LogP contribution in [0.3, 0.4) is 0 Å². The van der Waals surface area contributed by atoms with Crippen LogP contribution in [0.4, 0.5) is 5.82 Å². The number of carbonyl (C=O) groups excluding carboxylic acids is 2. The molecule has 7 nitrogen and oxygen atoms in total. The smallest absolute Gasteiger partial charge is 0.238 e. The summed E-state index contributed by atoms with van der Waals surface area (Å²) in [5, 5.41) is 8.87. The predicted molar refractivity (Wildman–Crippen MR) is 92.6 cm³/mol. The van der Waals surface area contributed by atoms with E-state index in [1.165, 1.54) is 11.8 Å². The van der Waals surface area contributed by atoms with Crippen molar-refractivity contribution in [3.63, 3.8) is 0 Å². The monoisotopic (exact) mass is 348 g/mol. The van der Waals surface area contributed by atoms with Gasteiger partial charge in [0.1, 0.15) is 5.76 Å². The van der Waals surface area contributed by atoms with Crippen LogP contribution < -0.4 is 10.6 Å². The number of carbonyl (C=O) groups is 2. The lowest BCUT2D eigenvalue weighted by molar-refractivity contribution is -0.119. The maximum atomic E-state index is 12.0. The molecule has 0 bridgehead atoms. The summed E-state index contributed by atoms with van der Waals surface area (Å²) < 4.78 is 4.89. The number of amides is 2. The second-order valence-electron chi connectivity index (χ2n) is 5.34. The van der Waals surface area contributed by atoms with Crippen molar-refractivity contribution in [2.75, 3.05) is 11.1 Å². The van der Waals surface area contributed by atoms with Gasteiger partial charge < -0.3 is 15.2 Å². The van der Waals surface area contributed by atoms with Gasteiger partial charge in [-0.15, -0.1) is 11.8 Å². The fourth-order valence-electron chi connectivity index (χ4n) is 1.95. The van der Waals surface area contributed by atoms with Gasteiger partial charge in [0.2, 0.25) is 11.8 Å². The third-order valence-corrected chi connectivity index (χ3v) is 4.44. The second-order valence-corrected chi connectivity index (χ2v) is 6.66. The van der Waals surface area contributed by atoms with Crippen molar-refractivity contribution in [2.24, 2.45) is 0 Å². The largest absolute Gasteiger partial charge is 0.360 e. The van der Waals surface area contributed by atoms with E-state index in [1.54, 1.807) is 32.3 Å². The van der Waals surface area contributed by atoms with Crippen LogP contribution >= 0.6 is 11.8 Å². The maximum Gasteiger partial charge on any atom is 0.238 e. The SMILES string of the molecule is Cc1cc(NC(=O)C(C)SCC(=O)NC(C)c2ccncc2)no1. The fraction of sp³-hybridized carbons (Fsp3) is 0.375. The highest BCUT2D eigenvalue weighted by Gasteiger charge is 2.17. The molecule has 0 spiro atoms. The van der Waals surface area contributed by atoms with Crippen LogP contribution in [0.2, 0.25) is 0 Å². The molecule has 0 radical (unpaired) electrons. The molecule has 8 heteroatoms. The average Bonchev–Trinajstić information content (AvgIpc) is 2.98. The number of rotatable bonds is 7. The molecule has 2 N–H and O–H groups in total. The first-order valence-corrected chi connectivity index (χ1v) is 8.55. The van der Waals surface area contributed by atoms with E-state index in [2.05, 4.69) is 20.8 Å². The van der Waals surface area contributed by atoms with Gasteiger partial charge in [0.05, 0.1) is 17.0 Å². The minimum atomic E-state index is -0.385. The van der Waals surface area contributed by atoms with E-state index in [-0.39, 0.29) is 28.9 Å². The number of pyridine rings is 1. The van der Waals surface area contributed by atoms with Crippen molar-refractivity contribution >= 4 is 29.4 Å². The summed E-state index contributed by atoms with van der Waals surface area (Å²) in [6.45, 7) is 5.39. The zero-order valence-corrected chi connectivity index (χ0v) is 14.6. The molecule has 2 heterocycles. The van der Waals surface area contributed by atoms with E-state index in [0.717, 1.165) is 5.56 Å². The van der Waals surface area contributed by atoms with Crippen molar-refractivity contribution in [3.05, 3.63) is 41.9 Å². The molecule has 0 aliphatic rings. The quantitative estimate of drug-likeness (QED) is 0.797. The lowest BCUT2D eigenvalue weighted by atomic mass is 10.1. The number of hydrogen-bond acceptors (Lipinski definition) is 6. The molecule has 0 aliphatic carbocycles. The highest BCUT2D eigenvalue weighted by molar-refractivity contribution is 8.01. The van der Waals surface area contributed by atoms with Crippen LogP contribution in [0.25, 0.3) is 0 Å². The predicted octanol–water partition coefficient (Wildman–Crippen LogP) is 2.32. The molecule has 0 aromatic carbocycles. The highest BCUT2D eigenvalue weighted by Crippen LogP contribution is 2.15. The average molecular weight is 348 g/mol. The van der Waals surface area contributed by atoms with Gasteiger partial charge in [0.25, 0.3) is 0 Å². The summed E-state index contributed by atoms with van der Waals surface area (Å²) >= 11 is 1.26. The fourth-order valence-corrected chi connectivity index (χ4v) is 2.64. The first-order valence-electron chi connectivity index (χ1n) is 7.50. The zero-order chi connectivity index (χ0) is 17.5. The molecule has 128 valence electrons. The molecule has 2 aromatic heterocycles. The van der Waals surface area contributed by atoms with Gasteiger partial charge in [-0.25, -0.2) is 0 Å². The number of thioether (sulfide) groups is 1. The third kappa shape index (κ3) is 5.38. The molecule has 2 amide bonds. The summed E-state index contributed by atoms with van der Waals surface area (Å²) in [5.74, 6) is 0.849. The van der Waals surface area contributed by atoms with E-state index in [1.807, 2.05) is 19.1 Å². The first kappa shape index (κ1) is 18.0. The van der Waals surface area contributed by atoms with E-state index < -0.39 is 0 Å². The van der Waals surface area contributed by atoms with Gasteiger partial charge in [-0.1, -0.05) is 5.16 Å². The molecule has 2 aromatic rings. The summed E-state index contributed by atoms with van der Waals surface area (Å²) in [6.07, 6.45) is 3.37. The van der Waals surface area contributed by atoms with E-state index in [9.17, 15) is 9.59 Å². The summed E-state index contributed by atoms with van der Waals surface area (Å²) in [5.41, 5.74) is 0.982. The van der Waals surface area contributed by atoms with Gasteiger partial charge >= 0.3 is 0 Å². The molecule has 2 atom stereocenters. The Balaban J connectivity index is 1.75. The normalized spacial score (nSPS) is 13.1. The number of aryl methyl sites for hydroxylation is 1. The molecular formula is C16H20N4O3S. The van der Waals surface area contributed by atoms with Gasteiger partial charge in [0.15, 0.2) is 5.82 Å². The molecule has 2 rings (SSSR count). The third-order valence-electron chi connectivity index (χ3n) is 3.30. The van der Waals surface area contributed by atoms with Gasteiger partial charge in [-0.3, -0.25) is 14.6 Å². The summed E-state index contributed by atoms with van der Waals surface area (Å²) in [4.78, 5) is 28.0. The Bertz CT molecular complexity index is 690. The standard InChI is InChI=1S/C16H20N4O3S/c1-10-8-14(20-23-10)19-16(22)12(3)24-9-15(21)18-11(2)13-4-6-17-7-5-13/h4-8,11-12H,9H2,1-3H3,(H,18,21)(H,19,20,22). The maximum absolute atomic E-state index is 12.0. The van der Waals surface area contributed by atoms with Crippen molar-refractivity contribution in [1.29, 1.82) is 0 Å². The summed E-state index contributed by atoms with van der Waals surface area (Å²) in [6, 6.07) is 5.24. The van der Waals surface area contributed by atoms with Crippen LogP contribution in [0.1, 0.15) is 31.2 Å². The minimum absolute atomic E-state index is 0.108. The van der Waals surface area contributed by atoms with Crippen LogP contribution in [-0.2, 0) is 9.59 Å². The van der Waals surface area contributed by atoms with Crippen molar-refractivity contribution in [3.8, 4) is 0 Å². The van der Waals surface area contributed by atoms with Gasteiger partial charge in [0, 0.05) is 18.5 Å². The summed E-state index contributed by atoms with van der Waals surface area (Å²) in [7, 11) is 0. The van der Waals surface area contributed by atoms with Crippen LogP contribution in [-0.4, -0.2) is 33.0 Å². The van der Waals surface area contributed by atoms with Gasteiger partial charge in [-0.05, 0) is 38.5 Å². The molecule has 24 heavy (non-hydrogen) atoms. The Morgan fingerprint density at radius 2 is 2.00 bits per heavy atom. The number of aromatic nitrogens is 2. The molecule has 0 fully saturated rings. The Labute approximate surface area is 144 Å². The number of hydrogen-bond donors (Lipinski definition) is 2. The number of nitrogens with one attached hydrogen (secondary N) is 2. The first-order chi connectivity index (χ1) is 11.5. The van der Waals surface area contributed by atoms with E-state index in [4.69, 9.17) is 4.52 Å². The molecular weight excluding hydrogens is 328 g/mol. The minimum Gasteiger partial charge on any atom is -0.360 e. The van der Waals surface area contributed by atoms with Crippen molar-refractivity contribution < 1.29 is 14.1 Å². The van der Waals surface area contributed by atoms with Crippen molar-refractivity contribution in [1.82, 2.24) is 15.5 Å². The molecule has 0 saturated heterocycles. The van der Waals surface area contributed by atoms with Crippen LogP contribution in [0.15, 0.2) is 35.1 Å². The highest BCUT2D eigenvalue weighted by atomic mass is 32.2. The lowest BCUT2D eigenvalue weighted by Gasteiger charge is -2.15. The Morgan fingerprint density at radius 1 is 1.29 bits per heavy atom. The van der Waals surface area contributed by atoms with Crippen LogP contribution in [0.5, 0.6) is 0 Å². The zero-order valence-electron chi connectivity index (χ0n) is 13.8. The second kappa shape index (κ2) is 8.49. The Morgan fingerprint density at radius 3 is 2.62 bits per heavy atom. The van der Waals surface area contributed by atoms with Crippen LogP contribution in [0, 0.1) is 6.92 Å². The Hall–Kier alpha value is -2.35.